The van der Waals surface area contributed by atoms with Gasteiger partial charge in [-0.25, -0.2) is 19.3 Å². The molecule has 32 heavy (non-hydrogen) atoms. The van der Waals surface area contributed by atoms with Crippen molar-refractivity contribution in [1.29, 1.82) is 0 Å². The summed E-state index contributed by atoms with van der Waals surface area (Å²) in [6, 6.07) is 18.7. The molecule has 0 amide bonds. The monoisotopic (exact) mass is 442 g/mol. The summed E-state index contributed by atoms with van der Waals surface area (Å²) in [7, 11) is 0. The molecule has 3 N–H and O–H groups in total. The first-order chi connectivity index (χ1) is 15.6. The molecule has 0 aliphatic rings. The number of halogens is 1. The van der Waals surface area contributed by atoms with Gasteiger partial charge in [0.25, 0.3) is 0 Å². The van der Waals surface area contributed by atoms with Crippen LogP contribution in [0, 0.1) is 12.7 Å². The number of rotatable bonds is 5. The second-order valence-electron chi connectivity index (χ2n) is 7.34. The molecule has 5 aromatic rings. The van der Waals surface area contributed by atoms with E-state index in [2.05, 4.69) is 25.3 Å². The fraction of sp³-hybridized carbons (Fsp3) is 0.0833. The number of aryl methyl sites for hydroxylation is 1. The highest BCUT2D eigenvalue weighted by atomic mass is 32.1. The first-order valence-corrected chi connectivity index (χ1v) is 10.8. The number of fused-ring (bicyclic) bond motifs is 3. The van der Waals surface area contributed by atoms with E-state index < -0.39 is 0 Å². The third kappa shape index (κ3) is 3.88. The molecule has 0 radical (unpaired) electrons. The highest BCUT2D eigenvalue weighted by molar-refractivity contribution is 7.21. The van der Waals surface area contributed by atoms with Crippen LogP contribution in [0.1, 0.15) is 16.1 Å². The first-order valence-electron chi connectivity index (χ1n) is 10.00. The lowest BCUT2D eigenvalue weighted by molar-refractivity contribution is 0.630. The van der Waals surface area contributed by atoms with Gasteiger partial charge in [0.15, 0.2) is 10.8 Å². The van der Waals surface area contributed by atoms with Crippen LogP contribution in [0.2, 0.25) is 0 Å². The van der Waals surface area contributed by atoms with Crippen molar-refractivity contribution in [1.82, 2.24) is 15.0 Å². The molecule has 0 fully saturated rings. The molecule has 158 valence electrons. The van der Waals surface area contributed by atoms with E-state index in [0.29, 0.717) is 28.9 Å². The number of nitrogens with two attached hydrogens (primary N) is 1. The molecular weight excluding hydrogens is 423 g/mol. The third-order valence-electron chi connectivity index (χ3n) is 5.03. The first kappa shape index (κ1) is 20.0. The van der Waals surface area contributed by atoms with Crippen LogP contribution < -0.4 is 11.1 Å². The summed E-state index contributed by atoms with van der Waals surface area (Å²) in [4.78, 5) is 17.9. The molecule has 0 atom stereocenters. The quantitative estimate of drug-likeness (QED) is 0.283. The van der Waals surface area contributed by atoms with Gasteiger partial charge in [-0.15, -0.1) is 11.3 Å². The predicted molar refractivity (Wildman–Crippen MR) is 128 cm³/mol. The number of benzene rings is 3. The predicted octanol–water partition coefficient (Wildman–Crippen LogP) is 5.34. The summed E-state index contributed by atoms with van der Waals surface area (Å²) in [6.45, 7) is 2.32. The summed E-state index contributed by atoms with van der Waals surface area (Å²) in [5.74, 6) is 0.545. The molecule has 6 nitrogen and oxygen atoms in total. The Bertz CT molecular complexity index is 1460. The van der Waals surface area contributed by atoms with E-state index in [4.69, 9.17) is 5.73 Å². The Labute approximate surface area is 187 Å². The second kappa shape index (κ2) is 8.32. The standard InChI is InChI=1S/C24H19FN6S/c1-14-7-8-17(16(25)11-14)30-23-20-18(28-13-29-23)9-10-19-21(20)32-24(31-19)22(26)27-12-15-5-3-2-4-6-15/h2-11,13H,12H2,1H3,(H2,26,27)(H,28,29,30). The number of nitrogens with one attached hydrogen (secondary N) is 1. The van der Waals surface area contributed by atoms with Gasteiger partial charge in [0, 0.05) is 0 Å². The summed E-state index contributed by atoms with van der Waals surface area (Å²) in [5, 5.41) is 4.50. The Balaban J connectivity index is 1.56. The fourth-order valence-electron chi connectivity index (χ4n) is 3.41. The van der Waals surface area contributed by atoms with E-state index in [9.17, 15) is 4.39 Å². The molecule has 0 bridgehead atoms. The number of amidine groups is 1. The Hall–Kier alpha value is -3.91. The lowest BCUT2D eigenvalue weighted by Crippen LogP contribution is -2.13. The van der Waals surface area contributed by atoms with Crippen molar-refractivity contribution in [3.63, 3.8) is 0 Å². The van der Waals surface area contributed by atoms with Gasteiger partial charge < -0.3 is 11.1 Å². The SMILES string of the molecule is Cc1ccc(Nc2ncnc3ccc4nc(C(N)=NCc5ccccc5)sc4c23)c(F)c1. The summed E-state index contributed by atoms with van der Waals surface area (Å²) in [5.41, 5.74) is 10.0. The van der Waals surface area contributed by atoms with Crippen molar-refractivity contribution in [3.05, 3.63) is 88.9 Å². The van der Waals surface area contributed by atoms with Crippen LogP contribution in [0.4, 0.5) is 15.9 Å². The maximum Gasteiger partial charge on any atom is 0.159 e. The van der Waals surface area contributed by atoms with E-state index in [-0.39, 0.29) is 5.82 Å². The van der Waals surface area contributed by atoms with E-state index >= 15 is 0 Å². The number of aliphatic imine (C=N–C) groups is 1. The van der Waals surface area contributed by atoms with Gasteiger partial charge in [-0.2, -0.15) is 0 Å². The van der Waals surface area contributed by atoms with Crippen molar-refractivity contribution >= 4 is 49.8 Å². The minimum Gasteiger partial charge on any atom is -0.381 e. The number of thiazole rings is 1. The van der Waals surface area contributed by atoms with E-state index in [1.54, 1.807) is 6.07 Å². The van der Waals surface area contributed by atoms with Gasteiger partial charge in [-0.05, 0) is 42.3 Å². The molecule has 0 aliphatic carbocycles. The molecule has 0 spiro atoms. The highest BCUT2D eigenvalue weighted by Gasteiger charge is 2.15. The van der Waals surface area contributed by atoms with E-state index in [1.807, 2.05) is 55.5 Å². The highest BCUT2D eigenvalue weighted by Crippen LogP contribution is 2.34. The Morgan fingerprint density at radius 3 is 2.69 bits per heavy atom. The summed E-state index contributed by atoms with van der Waals surface area (Å²) in [6.07, 6.45) is 1.46. The van der Waals surface area contributed by atoms with Gasteiger partial charge >= 0.3 is 0 Å². The maximum atomic E-state index is 14.4. The van der Waals surface area contributed by atoms with Crippen LogP contribution in [-0.4, -0.2) is 20.8 Å². The van der Waals surface area contributed by atoms with Crippen molar-refractivity contribution in [2.24, 2.45) is 10.7 Å². The number of hydrogen-bond acceptors (Lipinski definition) is 6. The van der Waals surface area contributed by atoms with Gasteiger partial charge in [0.1, 0.15) is 18.0 Å². The van der Waals surface area contributed by atoms with Crippen LogP contribution in [0.15, 0.2) is 72.0 Å². The summed E-state index contributed by atoms with van der Waals surface area (Å²) >= 11 is 1.42. The van der Waals surface area contributed by atoms with Crippen LogP contribution in [0.3, 0.4) is 0 Å². The molecule has 0 aliphatic heterocycles. The average Bonchev–Trinajstić information content (AvgIpc) is 3.25. The van der Waals surface area contributed by atoms with Gasteiger partial charge in [-0.3, -0.25) is 4.99 Å². The number of anilines is 2. The molecular formula is C24H19FN6S. The van der Waals surface area contributed by atoms with Crippen molar-refractivity contribution in [2.45, 2.75) is 13.5 Å². The number of hydrogen-bond donors (Lipinski definition) is 2. The molecule has 2 aromatic heterocycles. The lowest BCUT2D eigenvalue weighted by Gasteiger charge is -2.10. The molecule has 5 rings (SSSR count). The zero-order valence-corrected chi connectivity index (χ0v) is 18.0. The minimum atomic E-state index is -0.341. The minimum absolute atomic E-state index is 0.341. The Morgan fingerprint density at radius 2 is 1.88 bits per heavy atom. The molecule has 2 heterocycles. The normalized spacial score (nSPS) is 11.9. The third-order valence-corrected chi connectivity index (χ3v) is 6.14. The van der Waals surface area contributed by atoms with E-state index in [0.717, 1.165) is 32.2 Å². The lowest BCUT2D eigenvalue weighted by atomic mass is 10.2. The van der Waals surface area contributed by atoms with Gasteiger partial charge in [0.2, 0.25) is 0 Å². The van der Waals surface area contributed by atoms with Gasteiger partial charge in [-0.1, -0.05) is 36.4 Å². The van der Waals surface area contributed by atoms with Crippen LogP contribution in [-0.2, 0) is 6.54 Å². The second-order valence-corrected chi connectivity index (χ2v) is 8.34. The van der Waals surface area contributed by atoms with Crippen molar-refractivity contribution < 1.29 is 4.39 Å². The number of nitrogens with zero attached hydrogens (tertiary/aromatic N) is 4. The number of aromatic nitrogens is 3. The topological polar surface area (TPSA) is 89.1 Å². The van der Waals surface area contributed by atoms with Crippen molar-refractivity contribution in [3.8, 4) is 0 Å². The molecule has 0 saturated heterocycles. The van der Waals surface area contributed by atoms with E-state index in [1.165, 1.54) is 23.7 Å². The van der Waals surface area contributed by atoms with Crippen LogP contribution >= 0.6 is 11.3 Å². The van der Waals surface area contributed by atoms with Crippen LogP contribution in [0.25, 0.3) is 21.1 Å². The molecule has 8 heteroatoms. The van der Waals surface area contributed by atoms with Gasteiger partial charge in [0.05, 0.1) is 33.4 Å². The average molecular weight is 443 g/mol. The fourth-order valence-corrected chi connectivity index (χ4v) is 4.44. The molecule has 0 unspecified atom stereocenters. The Kier molecular flexibility index (Phi) is 5.20. The Morgan fingerprint density at radius 1 is 1.06 bits per heavy atom. The largest absolute Gasteiger partial charge is 0.381 e. The smallest absolute Gasteiger partial charge is 0.159 e. The zero-order valence-electron chi connectivity index (χ0n) is 17.2. The maximum absolute atomic E-state index is 14.4. The molecule has 0 saturated carbocycles. The van der Waals surface area contributed by atoms with Crippen LogP contribution in [0.5, 0.6) is 0 Å². The van der Waals surface area contributed by atoms with Crippen molar-refractivity contribution in [2.75, 3.05) is 5.32 Å². The molecule has 3 aromatic carbocycles. The summed E-state index contributed by atoms with van der Waals surface area (Å²) < 4.78 is 15.3. The zero-order chi connectivity index (χ0) is 22.1.